The van der Waals surface area contributed by atoms with Gasteiger partial charge in [0.1, 0.15) is 0 Å². The van der Waals surface area contributed by atoms with Gasteiger partial charge >= 0.3 is 11.9 Å². The lowest BCUT2D eigenvalue weighted by molar-refractivity contribution is -0.136. The maximum absolute atomic E-state index is 10.9. The Kier molecular flexibility index (Phi) is 3.28. The maximum atomic E-state index is 10.9. The van der Waals surface area contributed by atoms with E-state index in [1.165, 1.54) is 4.68 Å². The zero-order valence-electron chi connectivity index (χ0n) is 10.1. The molecule has 7 nitrogen and oxygen atoms in total. The molecule has 98 valence electrons. The number of carboxylic acids is 2. The van der Waals surface area contributed by atoms with E-state index >= 15 is 0 Å². The van der Waals surface area contributed by atoms with Gasteiger partial charge in [-0.1, -0.05) is 17.3 Å². The van der Waals surface area contributed by atoms with Crippen LogP contribution in [-0.2, 0) is 11.2 Å². The third-order valence-corrected chi connectivity index (χ3v) is 2.63. The summed E-state index contributed by atoms with van der Waals surface area (Å²) in [5.74, 6) is -2.04. The van der Waals surface area contributed by atoms with Crippen LogP contribution in [0.1, 0.15) is 21.7 Å². The molecule has 0 atom stereocenters. The van der Waals surface area contributed by atoms with Gasteiger partial charge in [-0.25, -0.2) is 9.48 Å². The van der Waals surface area contributed by atoms with E-state index in [9.17, 15) is 9.59 Å². The molecule has 7 heteroatoms. The molecular weight excluding hydrogens is 250 g/mol. The summed E-state index contributed by atoms with van der Waals surface area (Å²) in [7, 11) is 0. The topological polar surface area (TPSA) is 105 Å². The van der Waals surface area contributed by atoms with Crippen molar-refractivity contribution >= 4 is 11.9 Å². The predicted molar refractivity (Wildman–Crippen MR) is 64.4 cm³/mol. The first-order valence-electron chi connectivity index (χ1n) is 5.45. The lowest BCUT2D eigenvalue weighted by atomic mass is 10.1. The molecule has 1 aromatic heterocycles. The summed E-state index contributed by atoms with van der Waals surface area (Å²) in [6.45, 7) is 1.61. The highest BCUT2D eigenvalue weighted by molar-refractivity contribution is 5.86. The highest BCUT2D eigenvalue weighted by Gasteiger charge is 2.15. The van der Waals surface area contributed by atoms with Crippen LogP contribution in [0.5, 0.6) is 0 Å². The lowest BCUT2D eigenvalue weighted by Crippen LogP contribution is -2.03. The van der Waals surface area contributed by atoms with Crippen LogP contribution in [0, 0.1) is 6.92 Å². The van der Waals surface area contributed by atoms with Crippen molar-refractivity contribution in [3.63, 3.8) is 0 Å². The second kappa shape index (κ2) is 4.89. The van der Waals surface area contributed by atoms with Crippen LogP contribution in [0.2, 0.25) is 0 Å². The first-order valence-corrected chi connectivity index (χ1v) is 5.45. The van der Waals surface area contributed by atoms with Crippen LogP contribution in [0.25, 0.3) is 5.69 Å². The molecule has 1 heterocycles. The van der Waals surface area contributed by atoms with Crippen LogP contribution < -0.4 is 0 Å². The molecule has 0 bridgehead atoms. The van der Waals surface area contributed by atoms with Crippen molar-refractivity contribution in [2.45, 2.75) is 13.3 Å². The Labute approximate surface area is 108 Å². The van der Waals surface area contributed by atoms with Crippen molar-refractivity contribution < 1.29 is 19.8 Å². The highest BCUT2D eigenvalue weighted by atomic mass is 16.4. The van der Waals surface area contributed by atoms with Gasteiger partial charge in [0, 0.05) is 0 Å². The first kappa shape index (κ1) is 12.7. The Morgan fingerprint density at radius 3 is 2.32 bits per heavy atom. The third kappa shape index (κ3) is 2.59. The lowest BCUT2D eigenvalue weighted by Gasteiger charge is -2.04. The third-order valence-electron chi connectivity index (χ3n) is 2.63. The minimum absolute atomic E-state index is 0.0585. The fraction of sp³-hybridized carbons (Fsp3) is 0.167. The molecule has 0 radical (unpaired) electrons. The Hall–Kier alpha value is -2.70. The minimum Gasteiger partial charge on any atom is -0.481 e. The summed E-state index contributed by atoms with van der Waals surface area (Å²) >= 11 is 0. The quantitative estimate of drug-likeness (QED) is 0.847. The zero-order valence-corrected chi connectivity index (χ0v) is 10.1. The number of carboxylic acid groups (broad SMARTS) is 2. The first-order chi connectivity index (χ1) is 8.99. The molecule has 2 N–H and O–H groups in total. The summed E-state index contributed by atoms with van der Waals surface area (Å²) in [6, 6.07) is 6.66. The van der Waals surface area contributed by atoms with Gasteiger partial charge < -0.3 is 10.2 Å². The Bertz CT molecular complexity index is 631. The molecular formula is C12H11N3O4. The molecule has 0 saturated heterocycles. The van der Waals surface area contributed by atoms with Crippen molar-refractivity contribution in [3.8, 4) is 5.69 Å². The summed E-state index contributed by atoms with van der Waals surface area (Å²) in [5, 5.41) is 24.9. The fourth-order valence-corrected chi connectivity index (χ4v) is 1.70. The van der Waals surface area contributed by atoms with Crippen molar-refractivity contribution in [1.29, 1.82) is 0 Å². The predicted octanol–water partition coefficient (Wildman–Crippen LogP) is 0.901. The molecule has 0 unspecified atom stereocenters. The Morgan fingerprint density at radius 1 is 1.21 bits per heavy atom. The van der Waals surface area contributed by atoms with Crippen LogP contribution in [0.4, 0.5) is 0 Å². The number of hydrogen-bond donors (Lipinski definition) is 2. The molecule has 0 fully saturated rings. The SMILES string of the molecule is Cc1c(C(=O)O)nnn1-c1ccc(CC(=O)O)cc1. The molecule has 2 rings (SSSR count). The summed E-state index contributed by atoms with van der Waals surface area (Å²) in [4.78, 5) is 21.4. The van der Waals surface area contributed by atoms with E-state index in [1.807, 2.05) is 0 Å². The molecule has 2 aromatic rings. The monoisotopic (exact) mass is 261 g/mol. The number of carbonyl (C=O) groups is 2. The van der Waals surface area contributed by atoms with Crippen molar-refractivity contribution in [1.82, 2.24) is 15.0 Å². The summed E-state index contributed by atoms with van der Waals surface area (Å²) in [6.07, 6.45) is -0.0585. The smallest absolute Gasteiger partial charge is 0.358 e. The minimum atomic E-state index is -1.13. The van der Waals surface area contributed by atoms with Crippen LogP contribution in [0.3, 0.4) is 0 Å². The van der Waals surface area contributed by atoms with Gasteiger partial charge in [0.25, 0.3) is 0 Å². The summed E-state index contributed by atoms with van der Waals surface area (Å²) in [5.41, 5.74) is 1.60. The van der Waals surface area contributed by atoms with Gasteiger partial charge in [-0.3, -0.25) is 4.79 Å². The van der Waals surface area contributed by atoms with E-state index in [-0.39, 0.29) is 12.1 Å². The Morgan fingerprint density at radius 2 is 1.84 bits per heavy atom. The van der Waals surface area contributed by atoms with E-state index < -0.39 is 11.9 Å². The molecule has 0 aliphatic carbocycles. The molecule has 0 saturated carbocycles. The number of hydrogen-bond acceptors (Lipinski definition) is 4. The van der Waals surface area contributed by atoms with Crippen molar-refractivity contribution in [3.05, 3.63) is 41.2 Å². The number of aromatic carboxylic acids is 1. The average molecular weight is 261 g/mol. The van der Waals surface area contributed by atoms with Gasteiger partial charge in [-0.15, -0.1) is 5.10 Å². The highest BCUT2D eigenvalue weighted by Crippen LogP contribution is 2.13. The van der Waals surface area contributed by atoms with E-state index in [1.54, 1.807) is 31.2 Å². The van der Waals surface area contributed by atoms with Crippen molar-refractivity contribution in [2.24, 2.45) is 0 Å². The Balaban J connectivity index is 2.32. The number of aliphatic carboxylic acids is 1. The number of nitrogens with zero attached hydrogens (tertiary/aromatic N) is 3. The van der Waals surface area contributed by atoms with Gasteiger partial charge in [0.15, 0.2) is 5.69 Å². The molecule has 0 amide bonds. The van der Waals surface area contributed by atoms with E-state index in [4.69, 9.17) is 10.2 Å². The second-order valence-corrected chi connectivity index (χ2v) is 3.98. The molecule has 0 spiro atoms. The second-order valence-electron chi connectivity index (χ2n) is 3.98. The van der Waals surface area contributed by atoms with Crippen LogP contribution in [0.15, 0.2) is 24.3 Å². The van der Waals surface area contributed by atoms with Gasteiger partial charge in [-0.2, -0.15) is 0 Å². The van der Waals surface area contributed by atoms with Crippen molar-refractivity contribution in [2.75, 3.05) is 0 Å². The maximum Gasteiger partial charge on any atom is 0.358 e. The average Bonchev–Trinajstić information content (AvgIpc) is 2.71. The van der Waals surface area contributed by atoms with Crippen LogP contribution >= 0.6 is 0 Å². The van der Waals surface area contributed by atoms with Gasteiger partial charge in [-0.05, 0) is 24.6 Å². The largest absolute Gasteiger partial charge is 0.481 e. The summed E-state index contributed by atoms with van der Waals surface area (Å²) < 4.78 is 1.40. The van der Waals surface area contributed by atoms with E-state index in [0.717, 1.165) is 0 Å². The molecule has 0 aliphatic rings. The van der Waals surface area contributed by atoms with Gasteiger partial charge in [0.2, 0.25) is 0 Å². The van der Waals surface area contributed by atoms with Gasteiger partial charge in [0.05, 0.1) is 17.8 Å². The number of aromatic nitrogens is 3. The number of rotatable bonds is 4. The zero-order chi connectivity index (χ0) is 14.0. The van der Waals surface area contributed by atoms with Crippen LogP contribution in [-0.4, -0.2) is 37.1 Å². The molecule has 19 heavy (non-hydrogen) atoms. The van der Waals surface area contributed by atoms with E-state index in [0.29, 0.717) is 16.9 Å². The normalized spacial score (nSPS) is 10.4. The molecule has 0 aliphatic heterocycles. The van der Waals surface area contributed by atoms with E-state index in [2.05, 4.69) is 10.3 Å². The number of benzene rings is 1. The molecule has 1 aromatic carbocycles. The fourth-order valence-electron chi connectivity index (χ4n) is 1.70. The standard InChI is InChI=1S/C12H11N3O4/c1-7-11(12(18)19)13-14-15(7)9-4-2-8(3-5-9)6-10(16)17/h2-5H,6H2,1H3,(H,16,17)(H,18,19).